The summed E-state index contributed by atoms with van der Waals surface area (Å²) in [6.45, 7) is 11.0. The van der Waals surface area contributed by atoms with Gasteiger partial charge < -0.3 is 4.74 Å². The van der Waals surface area contributed by atoms with E-state index in [4.69, 9.17) is 4.74 Å². The molecule has 84 valence electrons. The minimum atomic E-state index is -0.366. The third kappa shape index (κ3) is 6.92. The molecule has 0 saturated heterocycles. The molecule has 0 radical (unpaired) electrons. The molecule has 4 heteroatoms. The fourth-order valence-electron chi connectivity index (χ4n) is 1.03. The van der Waals surface area contributed by atoms with Gasteiger partial charge in [-0.2, -0.15) is 0 Å². The highest BCUT2D eigenvalue weighted by molar-refractivity contribution is 6.15. The van der Waals surface area contributed by atoms with Crippen molar-refractivity contribution in [2.75, 3.05) is 19.5 Å². The Balaban J connectivity index is 0. The number of nitrogens with zero attached hydrogens (tertiary/aromatic N) is 1. The third-order valence-corrected chi connectivity index (χ3v) is 1.78. The van der Waals surface area contributed by atoms with Gasteiger partial charge in [0.1, 0.15) is 0 Å². The zero-order valence-electron chi connectivity index (χ0n) is 9.42. The van der Waals surface area contributed by atoms with Gasteiger partial charge in [-0.05, 0) is 20.0 Å². The predicted octanol–water partition coefficient (Wildman–Crippen LogP) is 2.26. The van der Waals surface area contributed by atoms with Crippen molar-refractivity contribution in [2.45, 2.75) is 27.0 Å². The van der Waals surface area contributed by atoms with E-state index >= 15 is 0 Å². The molecule has 0 N–H and O–H groups in total. The summed E-state index contributed by atoms with van der Waals surface area (Å²) in [5.41, 5.74) is 0. The van der Waals surface area contributed by atoms with Gasteiger partial charge in [0.15, 0.2) is 6.23 Å². The van der Waals surface area contributed by atoms with Gasteiger partial charge in [-0.1, -0.05) is 20.4 Å². The summed E-state index contributed by atoms with van der Waals surface area (Å²) in [5.74, 6) is -0.366. The van der Waals surface area contributed by atoms with Crippen LogP contribution in [-0.2, 0) is 9.53 Å². The summed E-state index contributed by atoms with van der Waals surface area (Å²) < 4.78 is 5.01. The maximum Gasteiger partial charge on any atom is 0.331 e. The van der Waals surface area contributed by atoms with E-state index in [1.54, 1.807) is 0 Å². The zero-order chi connectivity index (χ0) is 11.6. The quantitative estimate of drug-likeness (QED) is 0.309. The molecule has 0 heterocycles. The largest absolute Gasteiger partial charge is 0.443 e. The number of rotatable bonds is 5. The van der Waals surface area contributed by atoms with Gasteiger partial charge in [0, 0.05) is 12.5 Å². The van der Waals surface area contributed by atoms with Crippen molar-refractivity contribution >= 4 is 17.6 Å². The monoisotopic (exact) mass is 221 g/mol. The van der Waals surface area contributed by atoms with Crippen LogP contribution in [0.4, 0.5) is 0 Å². The molecule has 0 aliphatic heterocycles. The summed E-state index contributed by atoms with van der Waals surface area (Å²) in [7, 11) is 0. The molecule has 0 fully saturated rings. The highest BCUT2D eigenvalue weighted by atomic mass is 35.5. The van der Waals surface area contributed by atoms with Crippen molar-refractivity contribution in [2.24, 2.45) is 0 Å². The second kappa shape index (κ2) is 10.5. The van der Waals surface area contributed by atoms with Crippen LogP contribution < -0.4 is 0 Å². The normalized spacial score (nSPS) is 11.3. The first-order valence-electron chi connectivity index (χ1n) is 4.60. The first-order chi connectivity index (χ1) is 6.65. The number of alkyl halides is 1. The lowest BCUT2D eigenvalue weighted by Crippen LogP contribution is -2.35. The minimum Gasteiger partial charge on any atom is -0.443 e. The van der Waals surface area contributed by atoms with Crippen LogP contribution in [0.15, 0.2) is 12.7 Å². The van der Waals surface area contributed by atoms with Crippen LogP contribution in [0.1, 0.15) is 20.8 Å². The number of ether oxygens (including phenoxy) is 1. The first kappa shape index (κ1) is 15.9. The summed E-state index contributed by atoms with van der Waals surface area (Å²) in [4.78, 5) is 12.8. The van der Waals surface area contributed by atoms with Crippen LogP contribution >= 0.6 is 11.6 Å². The highest BCUT2D eigenvalue weighted by Gasteiger charge is 2.12. The Hall–Kier alpha value is -0.540. The van der Waals surface area contributed by atoms with Crippen LogP contribution in [0.3, 0.4) is 0 Å². The molecule has 0 aromatic rings. The molecule has 14 heavy (non-hydrogen) atoms. The van der Waals surface area contributed by atoms with Crippen molar-refractivity contribution in [3.63, 3.8) is 0 Å². The van der Waals surface area contributed by atoms with E-state index in [1.165, 1.54) is 12.5 Å². The lowest BCUT2D eigenvalue weighted by atomic mass is 10.4. The summed E-state index contributed by atoms with van der Waals surface area (Å²) in [6.07, 6.45) is 2.49. The van der Waals surface area contributed by atoms with Gasteiger partial charge in [0.25, 0.3) is 0 Å². The van der Waals surface area contributed by atoms with Crippen LogP contribution in [-0.4, -0.2) is 36.6 Å². The predicted molar refractivity (Wildman–Crippen MR) is 60.4 cm³/mol. The van der Waals surface area contributed by atoms with Crippen molar-refractivity contribution in [3.8, 4) is 0 Å². The zero-order valence-corrected chi connectivity index (χ0v) is 10.2. The average molecular weight is 222 g/mol. The van der Waals surface area contributed by atoms with Gasteiger partial charge in [-0.3, -0.25) is 4.90 Å². The number of esters is 1. The Morgan fingerprint density at radius 2 is 1.93 bits per heavy atom. The van der Waals surface area contributed by atoms with Crippen LogP contribution in [0, 0.1) is 0 Å². The van der Waals surface area contributed by atoms with E-state index in [0.717, 1.165) is 13.1 Å². The topological polar surface area (TPSA) is 29.5 Å². The van der Waals surface area contributed by atoms with E-state index < -0.39 is 0 Å². The second-order valence-corrected chi connectivity index (χ2v) is 2.46. The number of hydrogen-bond donors (Lipinski definition) is 0. The lowest BCUT2D eigenvalue weighted by molar-refractivity contribution is -0.150. The molecule has 0 saturated carbocycles. The van der Waals surface area contributed by atoms with E-state index in [0.29, 0.717) is 0 Å². The molecule has 0 amide bonds. The molecule has 0 aromatic heterocycles. The molecule has 0 aromatic carbocycles. The highest BCUT2D eigenvalue weighted by Crippen LogP contribution is 2.00. The maximum absolute atomic E-state index is 10.8. The van der Waals surface area contributed by atoms with Crippen molar-refractivity contribution < 1.29 is 9.53 Å². The maximum atomic E-state index is 10.8. The summed E-state index contributed by atoms with van der Waals surface area (Å²) >= 11 is 4.64. The molecule has 0 aliphatic rings. The second-order valence-electron chi connectivity index (χ2n) is 2.46. The molecule has 1 atom stereocenters. The number of carbonyl (C=O) groups excluding carboxylic acids is 1. The van der Waals surface area contributed by atoms with E-state index in [2.05, 4.69) is 18.2 Å². The Morgan fingerprint density at radius 3 is 2.21 bits per heavy atom. The number of halogens is 1. The summed E-state index contributed by atoms with van der Waals surface area (Å²) in [5, 5.41) is 0. The molecule has 0 bridgehead atoms. The molecule has 3 nitrogen and oxygen atoms in total. The standard InChI is InChI=1S/C9H17NO2.CH3Cl/c1-5-9(11)12-8(4)10(6-2)7-3;1-2/h5,8H,1,6-7H2,2-4H3;1H3. The van der Waals surface area contributed by atoms with Crippen molar-refractivity contribution in [1.82, 2.24) is 4.90 Å². The molecule has 0 spiro atoms. The Kier molecular flexibility index (Phi) is 12.0. The van der Waals surface area contributed by atoms with E-state index in [-0.39, 0.29) is 12.2 Å². The smallest absolute Gasteiger partial charge is 0.331 e. The number of carbonyl (C=O) groups is 1. The van der Waals surface area contributed by atoms with E-state index in [1.807, 2.05) is 25.7 Å². The number of hydrogen-bond acceptors (Lipinski definition) is 3. The Bertz CT molecular complexity index is 158. The minimum absolute atomic E-state index is 0.162. The summed E-state index contributed by atoms with van der Waals surface area (Å²) in [6, 6.07) is 0. The van der Waals surface area contributed by atoms with Crippen LogP contribution in [0.2, 0.25) is 0 Å². The van der Waals surface area contributed by atoms with Crippen LogP contribution in [0.25, 0.3) is 0 Å². The lowest BCUT2D eigenvalue weighted by Gasteiger charge is -2.25. The van der Waals surface area contributed by atoms with Gasteiger partial charge >= 0.3 is 5.97 Å². The average Bonchev–Trinajstić information content (AvgIpc) is 2.22. The first-order valence-corrected chi connectivity index (χ1v) is 5.36. The molecule has 0 aliphatic carbocycles. The molecular formula is C10H20ClNO2. The molecular weight excluding hydrogens is 202 g/mol. The Morgan fingerprint density at radius 1 is 1.50 bits per heavy atom. The SMILES string of the molecule is C=CC(=O)OC(C)N(CC)CC.CCl. The van der Waals surface area contributed by atoms with Crippen molar-refractivity contribution in [1.29, 1.82) is 0 Å². The fraction of sp³-hybridized carbons (Fsp3) is 0.700. The van der Waals surface area contributed by atoms with Crippen molar-refractivity contribution in [3.05, 3.63) is 12.7 Å². The van der Waals surface area contributed by atoms with Gasteiger partial charge in [-0.15, -0.1) is 11.6 Å². The Labute approximate surface area is 91.7 Å². The third-order valence-electron chi connectivity index (χ3n) is 1.78. The van der Waals surface area contributed by atoms with Crippen LogP contribution in [0.5, 0.6) is 0 Å². The molecule has 0 rings (SSSR count). The van der Waals surface area contributed by atoms with Gasteiger partial charge in [0.05, 0.1) is 0 Å². The molecule has 1 unspecified atom stereocenters. The fourth-order valence-corrected chi connectivity index (χ4v) is 1.03. The van der Waals surface area contributed by atoms with Gasteiger partial charge in [0.2, 0.25) is 0 Å². The van der Waals surface area contributed by atoms with Gasteiger partial charge in [-0.25, -0.2) is 4.79 Å². The van der Waals surface area contributed by atoms with E-state index in [9.17, 15) is 4.79 Å².